The topological polar surface area (TPSA) is 79.8 Å². The van der Waals surface area contributed by atoms with E-state index in [-0.39, 0.29) is 21.2 Å². The molecule has 1 aromatic carbocycles. The second kappa shape index (κ2) is 5.64. The van der Waals surface area contributed by atoms with Gasteiger partial charge in [0.25, 0.3) is 11.8 Å². The predicted molar refractivity (Wildman–Crippen MR) is 83.8 cm³/mol. The number of hydrogen-bond acceptors (Lipinski definition) is 7. The molecular weight excluding hydrogens is 342 g/mol. The van der Waals surface area contributed by atoms with Crippen LogP contribution in [0, 0.1) is 0 Å². The molecule has 2 aromatic rings. The Bertz CT molecular complexity index is 798. The van der Waals surface area contributed by atoms with Crippen LogP contribution in [0.4, 0.5) is 5.13 Å². The molecule has 3 rings (SSSR count). The van der Waals surface area contributed by atoms with E-state index in [1.54, 1.807) is 31.1 Å². The largest absolute Gasteiger partial charge is 0.377 e. The summed E-state index contributed by atoms with van der Waals surface area (Å²) in [7, 11) is 3.49. The first-order chi connectivity index (χ1) is 10.9. The molecule has 0 spiro atoms. The molecule has 2 amide bonds. The number of imide groups is 1. The van der Waals surface area contributed by atoms with Gasteiger partial charge in [0.1, 0.15) is 0 Å². The number of carbonyl (C=O) groups is 3. The SMILES string of the molecule is CN(C)c1nc(Cl)c(C(=O)ON2C(=O)c3ccccc3C2=O)s1. The average molecular weight is 352 g/mol. The quantitative estimate of drug-likeness (QED) is 0.789. The number of nitrogens with zero attached hydrogens (tertiary/aromatic N) is 3. The van der Waals surface area contributed by atoms with E-state index in [0.29, 0.717) is 10.2 Å². The number of rotatable bonds is 3. The Morgan fingerprint density at radius 2 is 1.78 bits per heavy atom. The summed E-state index contributed by atoms with van der Waals surface area (Å²) >= 11 is 6.92. The van der Waals surface area contributed by atoms with Crippen LogP contribution in [-0.4, -0.2) is 41.9 Å². The molecular formula is C14H10ClN3O4S. The fourth-order valence-electron chi connectivity index (χ4n) is 1.98. The van der Waals surface area contributed by atoms with E-state index in [2.05, 4.69) is 4.98 Å². The Morgan fingerprint density at radius 1 is 1.22 bits per heavy atom. The first-order valence-electron chi connectivity index (χ1n) is 6.44. The van der Waals surface area contributed by atoms with Gasteiger partial charge >= 0.3 is 5.97 Å². The van der Waals surface area contributed by atoms with Gasteiger partial charge in [-0.2, -0.15) is 0 Å². The summed E-state index contributed by atoms with van der Waals surface area (Å²) in [4.78, 5) is 47.1. The molecule has 9 heteroatoms. The summed E-state index contributed by atoms with van der Waals surface area (Å²) < 4.78 is 0. The van der Waals surface area contributed by atoms with Gasteiger partial charge in [-0.15, -0.1) is 0 Å². The smallest absolute Gasteiger partial charge is 0.354 e. The molecule has 1 aromatic heterocycles. The minimum absolute atomic E-state index is 0.0203. The fourth-order valence-corrected chi connectivity index (χ4v) is 3.06. The molecule has 0 fully saturated rings. The van der Waals surface area contributed by atoms with Crippen molar-refractivity contribution in [3.8, 4) is 0 Å². The zero-order valence-corrected chi connectivity index (χ0v) is 13.6. The van der Waals surface area contributed by atoms with E-state index in [0.717, 1.165) is 11.3 Å². The summed E-state index contributed by atoms with van der Waals surface area (Å²) in [6.07, 6.45) is 0. The average Bonchev–Trinajstić information content (AvgIpc) is 3.02. The number of aromatic nitrogens is 1. The van der Waals surface area contributed by atoms with Crippen molar-refractivity contribution >= 4 is 45.9 Å². The first kappa shape index (κ1) is 15.4. The summed E-state index contributed by atoms with van der Waals surface area (Å²) in [5.74, 6) is -2.28. The molecule has 0 bridgehead atoms. The lowest BCUT2D eigenvalue weighted by atomic mass is 10.1. The standard InChI is InChI=1S/C14H10ClN3O4S/c1-17(2)14-16-10(15)9(23-14)13(21)22-18-11(19)7-5-3-4-6-8(7)12(18)20/h3-6H,1-2H3. The normalized spacial score (nSPS) is 13.3. The second-order valence-corrected chi connectivity index (χ2v) is 6.18. The minimum Gasteiger partial charge on any atom is -0.354 e. The van der Waals surface area contributed by atoms with Gasteiger partial charge in [0.05, 0.1) is 11.1 Å². The van der Waals surface area contributed by atoms with Gasteiger partial charge in [-0.25, -0.2) is 9.78 Å². The summed E-state index contributed by atoms with van der Waals surface area (Å²) in [6, 6.07) is 6.23. The molecule has 0 saturated carbocycles. The van der Waals surface area contributed by atoms with Crippen LogP contribution in [0.2, 0.25) is 5.15 Å². The van der Waals surface area contributed by atoms with Crippen LogP contribution >= 0.6 is 22.9 Å². The van der Waals surface area contributed by atoms with E-state index < -0.39 is 17.8 Å². The monoisotopic (exact) mass is 351 g/mol. The maximum Gasteiger partial charge on any atom is 0.377 e. The molecule has 7 nitrogen and oxygen atoms in total. The number of thiazole rings is 1. The molecule has 118 valence electrons. The summed E-state index contributed by atoms with van der Waals surface area (Å²) in [5.41, 5.74) is 0.379. The van der Waals surface area contributed by atoms with Crippen molar-refractivity contribution in [3.05, 3.63) is 45.4 Å². The van der Waals surface area contributed by atoms with Gasteiger partial charge in [-0.1, -0.05) is 40.1 Å². The maximum absolute atomic E-state index is 12.2. The fraction of sp³-hybridized carbons (Fsp3) is 0.143. The van der Waals surface area contributed by atoms with E-state index in [1.807, 2.05) is 0 Å². The van der Waals surface area contributed by atoms with Crippen LogP contribution in [0.25, 0.3) is 0 Å². The van der Waals surface area contributed by atoms with Gasteiger partial charge in [0.15, 0.2) is 15.2 Å². The lowest BCUT2D eigenvalue weighted by Gasteiger charge is -2.11. The Balaban J connectivity index is 1.85. The highest BCUT2D eigenvalue weighted by molar-refractivity contribution is 7.18. The number of halogens is 1. The van der Waals surface area contributed by atoms with Gasteiger partial charge in [-0.05, 0) is 12.1 Å². The first-order valence-corrected chi connectivity index (χ1v) is 7.63. The van der Waals surface area contributed by atoms with E-state index in [4.69, 9.17) is 16.4 Å². The molecule has 2 heterocycles. The zero-order chi connectivity index (χ0) is 16.7. The highest BCUT2D eigenvalue weighted by Crippen LogP contribution is 2.30. The number of anilines is 1. The molecule has 0 saturated heterocycles. The third-order valence-corrected chi connectivity index (χ3v) is 4.66. The van der Waals surface area contributed by atoms with Crippen LogP contribution in [-0.2, 0) is 4.84 Å². The second-order valence-electron chi connectivity index (χ2n) is 4.84. The Hall–Kier alpha value is -2.45. The van der Waals surface area contributed by atoms with Crippen molar-refractivity contribution < 1.29 is 19.2 Å². The number of carbonyl (C=O) groups excluding carboxylic acids is 3. The molecule has 1 aliphatic heterocycles. The highest BCUT2D eigenvalue weighted by atomic mass is 35.5. The molecule has 0 N–H and O–H groups in total. The van der Waals surface area contributed by atoms with Crippen LogP contribution in [0.1, 0.15) is 30.4 Å². The highest BCUT2D eigenvalue weighted by Gasteiger charge is 2.39. The lowest BCUT2D eigenvalue weighted by Crippen LogP contribution is -2.32. The van der Waals surface area contributed by atoms with Gasteiger partial charge < -0.3 is 9.74 Å². The molecule has 1 aliphatic rings. The lowest BCUT2D eigenvalue weighted by molar-refractivity contribution is -0.0581. The molecule has 23 heavy (non-hydrogen) atoms. The number of amides is 2. The van der Waals surface area contributed by atoms with Crippen molar-refractivity contribution in [2.24, 2.45) is 0 Å². The number of fused-ring (bicyclic) bond motifs is 1. The number of hydrogen-bond donors (Lipinski definition) is 0. The summed E-state index contributed by atoms with van der Waals surface area (Å²) in [6.45, 7) is 0. The van der Waals surface area contributed by atoms with Crippen LogP contribution in [0.3, 0.4) is 0 Å². The van der Waals surface area contributed by atoms with Crippen molar-refractivity contribution in [1.82, 2.24) is 10.0 Å². The number of hydroxylamine groups is 2. The van der Waals surface area contributed by atoms with Crippen LogP contribution in [0.5, 0.6) is 0 Å². The van der Waals surface area contributed by atoms with Crippen molar-refractivity contribution in [2.75, 3.05) is 19.0 Å². The van der Waals surface area contributed by atoms with Crippen molar-refractivity contribution in [1.29, 1.82) is 0 Å². The predicted octanol–water partition coefficient (Wildman–Crippen LogP) is 2.23. The van der Waals surface area contributed by atoms with Crippen molar-refractivity contribution in [2.45, 2.75) is 0 Å². The third kappa shape index (κ3) is 2.55. The van der Waals surface area contributed by atoms with Gasteiger partial charge in [-0.3, -0.25) is 9.59 Å². The molecule has 0 aliphatic carbocycles. The van der Waals surface area contributed by atoms with E-state index in [9.17, 15) is 14.4 Å². The zero-order valence-electron chi connectivity index (χ0n) is 12.1. The molecule has 0 unspecified atom stereocenters. The molecule has 0 atom stereocenters. The van der Waals surface area contributed by atoms with Crippen molar-refractivity contribution in [3.63, 3.8) is 0 Å². The molecule has 0 radical (unpaired) electrons. The summed E-state index contributed by atoms with van der Waals surface area (Å²) in [5, 5.41) is 0.905. The van der Waals surface area contributed by atoms with E-state index >= 15 is 0 Å². The van der Waals surface area contributed by atoms with E-state index in [1.165, 1.54) is 12.1 Å². The Kier molecular flexibility index (Phi) is 3.78. The maximum atomic E-state index is 12.2. The Morgan fingerprint density at radius 3 is 2.26 bits per heavy atom. The van der Waals surface area contributed by atoms with Crippen LogP contribution < -0.4 is 4.90 Å². The number of benzene rings is 1. The third-order valence-electron chi connectivity index (χ3n) is 3.07. The Labute approximate surface area is 140 Å². The van der Waals surface area contributed by atoms with Gasteiger partial charge in [0.2, 0.25) is 0 Å². The minimum atomic E-state index is -0.907. The van der Waals surface area contributed by atoms with Crippen LogP contribution in [0.15, 0.2) is 24.3 Å². The van der Waals surface area contributed by atoms with Gasteiger partial charge in [0, 0.05) is 14.1 Å².